The van der Waals surface area contributed by atoms with Crippen LogP contribution >= 0.6 is 0 Å². The van der Waals surface area contributed by atoms with Gasteiger partial charge in [-0.25, -0.2) is 9.88 Å². The summed E-state index contributed by atoms with van der Waals surface area (Å²) in [6, 6.07) is 15.9. The van der Waals surface area contributed by atoms with E-state index in [2.05, 4.69) is 15.3 Å². The zero-order valence-corrected chi connectivity index (χ0v) is 24.2. The van der Waals surface area contributed by atoms with Crippen LogP contribution in [0.3, 0.4) is 0 Å². The van der Waals surface area contributed by atoms with Gasteiger partial charge in [-0.1, -0.05) is 30.3 Å². The third-order valence-corrected chi connectivity index (χ3v) is 7.18. The molecule has 2 aromatic heterocycles. The molecule has 1 unspecified atom stereocenters. The van der Waals surface area contributed by atoms with E-state index in [-0.39, 0.29) is 0 Å². The summed E-state index contributed by atoms with van der Waals surface area (Å²) in [5.74, 6) is -0.421. The summed E-state index contributed by atoms with van der Waals surface area (Å²) in [6.45, 7) is 12.4. The lowest BCUT2D eigenvalue weighted by molar-refractivity contribution is -0.318. The topological polar surface area (TPSA) is 103 Å². The van der Waals surface area contributed by atoms with Crippen LogP contribution in [0.4, 0.5) is 17.2 Å². The van der Waals surface area contributed by atoms with E-state index >= 15 is 0 Å². The van der Waals surface area contributed by atoms with Gasteiger partial charge in [0.05, 0.1) is 34.4 Å². The number of piperazine rings is 1. The van der Waals surface area contributed by atoms with Crippen molar-refractivity contribution in [2.75, 3.05) is 36.4 Å². The molecule has 4 aromatic rings. The number of fused-ring (bicyclic) bond motifs is 1. The number of aliphatic hydroxyl groups is 1. The standard InChI is InChI=1S/C31H39N7O2/c1-21-9-7-11-24(28(32)23-10-8-12-26-25(23)20-36(6)35-26)29(21)34-22-13-14-27(33-19-22)37-15-17-38(18-16-37)31(5,39)40-30(2,3)4/h7-14,19-20,32,34,39H,15-18H2,1-6H3. The molecule has 0 bridgehead atoms. The predicted octanol–water partition coefficient (Wildman–Crippen LogP) is 5.04. The van der Waals surface area contributed by atoms with Gasteiger partial charge in [-0.15, -0.1) is 0 Å². The average Bonchev–Trinajstić information content (AvgIpc) is 3.29. The molecule has 40 heavy (non-hydrogen) atoms. The van der Waals surface area contributed by atoms with E-state index in [0.29, 0.717) is 18.8 Å². The number of pyridine rings is 1. The fourth-order valence-corrected chi connectivity index (χ4v) is 5.35. The summed E-state index contributed by atoms with van der Waals surface area (Å²) < 4.78 is 7.67. The van der Waals surface area contributed by atoms with Crippen LogP contribution in [0.25, 0.3) is 10.9 Å². The van der Waals surface area contributed by atoms with Crippen molar-refractivity contribution in [2.24, 2.45) is 7.05 Å². The minimum atomic E-state index is -1.31. The molecule has 1 aliphatic rings. The van der Waals surface area contributed by atoms with Crippen LogP contribution in [0.5, 0.6) is 0 Å². The second-order valence-corrected chi connectivity index (χ2v) is 11.6. The highest BCUT2D eigenvalue weighted by atomic mass is 16.7. The molecule has 0 spiro atoms. The lowest BCUT2D eigenvalue weighted by Gasteiger charge is -2.44. The van der Waals surface area contributed by atoms with Crippen molar-refractivity contribution in [1.82, 2.24) is 19.7 Å². The first-order valence-electron chi connectivity index (χ1n) is 13.7. The Morgan fingerprint density at radius 3 is 2.35 bits per heavy atom. The molecule has 210 valence electrons. The first kappa shape index (κ1) is 27.8. The monoisotopic (exact) mass is 541 g/mol. The van der Waals surface area contributed by atoms with Gasteiger partial charge in [0.2, 0.25) is 5.91 Å². The number of nitrogens with one attached hydrogen (secondary N) is 2. The van der Waals surface area contributed by atoms with Crippen molar-refractivity contribution < 1.29 is 9.84 Å². The van der Waals surface area contributed by atoms with Gasteiger partial charge in [0.1, 0.15) is 5.82 Å². The first-order valence-corrected chi connectivity index (χ1v) is 13.7. The third-order valence-electron chi connectivity index (χ3n) is 7.18. The maximum atomic E-state index is 10.9. The molecule has 5 rings (SSSR count). The van der Waals surface area contributed by atoms with Crippen molar-refractivity contribution in [1.29, 1.82) is 5.41 Å². The van der Waals surface area contributed by atoms with Gasteiger partial charge in [0, 0.05) is 62.9 Å². The Bertz CT molecular complexity index is 1510. The van der Waals surface area contributed by atoms with Gasteiger partial charge >= 0.3 is 0 Å². The molecule has 0 aliphatic carbocycles. The molecule has 3 N–H and O–H groups in total. The second-order valence-electron chi connectivity index (χ2n) is 11.6. The molecule has 1 atom stereocenters. The summed E-state index contributed by atoms with van der Waals surface area (Å²) in [4.78, 5) is 8.92. The average molecular weight is 542 g/mol. The summed E-state index contributed by atoms with van der Waals surface area (Å²) in [7, 11) is 1.90. The van der Waals surface area contributed by atoms with Gasteiger partial charge in [0.15, 0.2) is 0 Å². The number of benzene rings is 2. The Kier molecular flexibility index (Phi) is 7.39. The smallest absolute Gasteiger partial charge is 0.225 e. The van der Waals surface area contributed by atoms with E-state index in [9.17, 15) is 5.11 Å². The van der Waals surface area contributed by atoms with Crippen LogP contribution in [0.1, 0.15) is 44.4 Å². The number of aryl methyl sites for hydroxylation is 2. The third kappa shape index (κ3) is 5.86. The highest BCUT2D eigenvalue weighted by Crippen LogP contribution is 2.30. The fraction of sp³-hybridized carbons (Fsp3) is 0.387. The SMILES string of the molecule is Cc1cccc(C(=N)c2cccc3nn(C)cc23)c1Nc1ccc(N2CCN(C(C)(O)OC(C)(C)C)CC2)nc1. The van der Waals surface area contributed by atoms with E-state index in [1.807, 2.05) is 101 Å². The molecule has 3 heterocycles. The molecule has 1 saturated heterocycles. The summed E-state index contributed by atoms with van der Waals surface area (Å²) >= 11 is 0. The number of hydrogen-bond acceptors (Lipinski definition) is 8. The minimum Gasteiger partial charge on any atom is -0.354 e. The van der Waals surface area contributed by atoms with Crippen LogP contribution in [0.2, 0.25) is 0 Å². The zero-order chi connectivity index (χ0) is 28.7. The van der Waals surface area contributed by atoms with Crippen LogP contribution < -0.4 is 10.2 Å². The van der Waals surface area contributed by atoms with Crippen LogP contribution in [0, 0.1) is 12.3 Å². The van der Waals surface area contributed by atoms with E-state index in [1.165, 1.54) is 0 Å². The van der Waals surface area contributed by atoms with Crippen molar-refractivity contribution in [3.8, 4) is 0 Å². The molecule has 0 saturated carbocycles. The lowest BCUT2D eigenvalue weighted by atomic mass is 9.96. The Balaban J connectivity index is 1.30. The molecule has 9 heteroatoms. The molecule has 1 fully saturated rings. The number of rotatable bonds is 7. The van der Waals surface area contributed by atoms with Crippen molar-refractivity contribution >= 4 is 33.8 Å². The zero-order valence-electron chi connectivity index (χ0n) is 24.2. The van der Waals surface area contributed by atoms with E-state index < -0.39 is 11.5 Å². The molecular weight excluding hydrogens is 502 g/mol. The fourth-order valence-electron chi connectivity index (χ4n) is 5.35. The van der Waals surface area contributed by atoms with Gasteiger partial charge < -0.3 is 20.1 Å². The summed E-state index contributed by atoms with van der Waals surface area (Å²) in [5.41, 5.74) is 5.33. The van der Waals surface area contributed by atoms with Crippen LogP contribution in [-0.4, -0.2) is 68.2 Å². The Hall–Kier alpha value is -3.79. The Morgan fingerprint density at radius 1 is 0.975 bits per heavy atom. The van der Waals surface area contributed by atoms with Crippen molar-refractivity contribution in [2.45, 2.75) is 46.1 Å². The number of hydrogen-bond donors (Lipinski definition) is 3. The summed E-state index contributed by atoms with van der Waals surface area (Å²) in [6.07, 6.45) is 3.80. The van der Waals surface area contributed by atoms with E-state index in [1.54, 1.807) is 11.6 Å². The van der Waals surface area contributed by atoms with Crippen LogP contribution in [0.15, 0.2) is 60.9 Å². The maximum Gasteiger partial charge on any atom is 0.225 e. The predicted molar refractivity (Wildman–Crippen MR) is 161 cm³/mol. The quantitative estimate of drug-likeness (QED) is 0.223. The minimum absolute atomic E-state index is 0.438. The van der Waals surface area contributed by atoms with Gasteiger partial charge in [-0.3, -0.25) is 10.1 Å². The normalized spacial score (nSPS) is 16.2. The summed E-state index contributed by atoms with van der Waals surface area (Å²) in [5, 5.41) is 29.0. The first-order chi connectivity index (χ1) is 18.9. The van der Waals surface area contributed by atoms with Crippen molar-refractivity contribution in [3.63, 3.8) is 0 Å². The molecule has 9 nitrogen and oxygen atoms in total. The molecule has 1 aliphatic heterocycles. The number of nitrogens with zero attached hydrogens (tertiary/aromatic N) is 5. The molecular formula is C31H39N7O2. The number of ether oxygens (including phenoxy) is 1. The van der Waals surface area contributed by atoms with Gasteiger partial charge in [-0.2, -0.15) is 5.10 Å². The number of anilines is 3. The highest BCUT2D eigenvalue weighted by Gasteiger charge is 2.36. The van der Waals surface area contributed by atoms with E-state index in [0.717, 1.165) is 57.9 Å². The highest BCUT2D eigenvalue weighted by molar-refractivity contribution is 6.20. The molecule has 0 amide bonds. The Labute approximate surface area is 235 Å². The maximum absolute atomic E-state index is 10.9. The van der Waals surface area contributed by atoms with Crippen LogP contribution in [-0.2, 0) is 11.8 Å². The Morgan fingerprint density at radius 2 is 1.68 bits per heavy atom. The van der Waals surface area contributed by atoms with E-state index in [4.69, 9.17) is 15.1 Å². The second kappa shape index (κ2) is 10.6. The number of para-hydroxylation sites is 1. The number of aromatic nitrogens is 3. The van der Waals surface area contributed by atoms with Gasteiger partial charge in [0.25, 0.3) is 0 Å². The lowest BCUT2D eigenvalue weighted by Crippen LogP contribution is -2.59. The van der Waals surface area contributed by atoms with Gasteiger partial charge in [-0.05, 0) is 51.5 Å². The molecule has 0 radical (unpaired) electrons. The molecule has 2 aromatic carbocycles. The van der Waals surface area contributed by atoms with Crippen molar-refractivity contribution in [3.05, 3.63) is 77.6 Å². The largest absolute Gasteiger partial charge is 0.354 e.